The maximum atomic E-state index is 8.98. The smallest absolute Gasteiger partial charge is 0.137 e. The molecule has 1 saturated heterocycles. The molecule has 1 fully saturated rings. The number of hydrogen-bond donors (Lipinski definition) is 0. The fourth-order valence-corrected chi connectivity index (χ4v) is 2.49. The minimum Gasteiger partial charge on any atom is -0.492 e. The van der Waals surface area contributed by atoms with Crippen molar-refractivity contribution in [2.45, 2.75) is 25.3 Å². The van der Waals surface area contributed by atoms with Gasteiger partial charge in [-0.25, -0.2) is 0 Å². The quantitative estimate of drug-likeness (QED) is 0.747. The largest absolute Gasteiger partial charge is 0.492 e. The minimum absolute atomic E-state index is 0.602. The lowest BCUT2D eigenvalue weighted by Crippen LogP contribution is -2.37. The van der Waals surface area contributed by atoms with E-state index in [9.17, 15) is 0 Å². The summed E-state index contributed by atoms with van der Waals surface area (Å²) in [6.07, 6.45) is 3.21. The fraction of sp³-hybridized carbons (Fsp3) is 0.562. The molecule has 4 heteroatoms. The molecule has 1 aliphatic rings. The van der Waals surface area contributed by atoms with E-state index in [-0.39, 0.29) is 0 Å². The van der Waals surface area contributed by atoms with Gasteiger partial charge in [0.25, 0.3) is 0 Å². The third-order valence-corrected chi connectivity index (χ3v) is 3.73. The van der Waals surface area contributed by atoms with Crippen LogP contribution in [0.25, 0.3) is 0 Å². The van der Waals surface area contributed by atoms with Crippen LogP contribution in [0.15, 0.2) is 24.3 Å². The Morgan fingerprint density at radius 1 is 1.35 bits per heavy atom. The van der Waals surface area contributed by atoms with Crippen molar-refractivity contribution >= 4 is 0 Å². The summed E-state index contributed by atoms with van der Waals surface area (Å²) in [5, 5.41) is 8.98. The van der Waals surface area contributed by atoms with E-state index in [0.29, 0.717) is 24.0 Å². The molecule has 0 N–H and O–H groups in total. The van der Waals surface area contributed by atoms with Crippen molar-refractivity contribution in [2.24, 2.45) is 0 Å². The summed E-state index contributed by atoms with van der Waals surface area (Å²) in [7, 11) is 2.17. The number of rotatable bonds is 6. The Bertz CT molecular complexity index is 450. The molecule has 20 heavy (non-hydrogen) atoms. The molecular formula is C16H22N2O2. The first-order chi connectivity index (χ1) is 9.81. The molecular weight excluding hydrogens is 252 g/mol. The number of para-hydroxylation sites is 1. The molecule has 0 amide bonds. The Balaban J connectivity index is 1.69. The second-order valence-corrected chi connectivity index (χ2v) is 5.13. The molecule has 0 aromatic heterocycles. The van der Waals surface area contributed by atoms with Crippen LogP contribution in [0.4, 0.5) is 0 Å². The third-order valence-electron chi connectivity index (χ3n) is 3.73. The van der Waals surface area contributed by atoms with Crippen LogP contribution in [0.5, 0.6) is 5.75 Å². The van der Waals surface area contributed by atoms with Crippen LogP contribution < -0.4 is 4.74 Å². The lowest BCUT2D eigenvalue weighted by atomic mass is 10.1. The summed E-state index contributed by atoms with van der Waals surface area (Å²) in [5.41, 5.74) is 0.602. The van der Waals surface area contributed by atoms with Gasteiger partial charge in [0.05, 0.1) is 12.2 Å². The molecule has 0 bridgehead atoms. The number of hydrogen-bond acceptors (Lipinski definition) is 4. The van der Waals surface area contributed by atoms with Crippen molar-refractivity contribution in [3.63, 3.8) is 0 Å². The van der Waals surface area contributed by atoms with E-state index in [2.05, 4.69) is 18.0 Å². The van der Waals surface area contributed by atoms with Crippen molar-refractivity contribution < 1.29 is 9.47 Å². The Labute approximate surface area is 120 Å². The molecule has 1 aromatic rings. The first-order valence-corrected chi connectivity index (χ1v) is 7.21. The molecule has 2 rings (SSSR count). The summed E-state index contributed by atoms with van der Waals surface area (Å²) >= 11 is 0. The van der Waals surface area contributed by atoms with Crippen LogP contribution in [-0.2, 0) is 4.74 Å². The Kier molecular flexibility index (Phi) is 5.85. The molecule has 0 unspecified atom stereocenters. The SMILES string of the molecule is CN(CCCOc1ccccc1C#N)C1CCOCC1. The average Bonchev–Trinajstić information content (AvgIpc) is 2.52. The number of benzene rings is 1. The van der Waals surface area contributed by atoms with E-state index in [1.54, 1.807) is 6.07 Å². The molecule has 0 atom stereocenters. The van der Waals surface area contributed by atoms with E-state index >= 15 is 0 Å². The summed E-state index contributed by atoms with van der Waals surface area (Å²) < 4.78 is 11.1. The van der Waals surface area contributed by atoms with E-state index < -0.39 is 0 Å². The van der Waals surface area contributed by atoms with Gasteiger partial charge in [0.1, 0.15) is 11.8 Å². The number of ether oxygens (including phenoxy) is 2. The summed E-state index contributed by atoms with van der Waals surface area (Å²) in [6.45, 7) is 3.41. The van der Waals surface area contributed by atoms with Gasteiger partial charge in [-0.2, -0.15) is 5.26 Å². The van der Waals surface area contributed by atoms with Crippen LogP contribution in [0.2, 0.25) is 0 Å². The van der Waals surface area contributed by atoms with Gasteiger partial charge in [0.15, 0.2) is 0 Å². The van der Waals surface area contributed by atoms with Crippen molar-refractivity contribution in [2.75, 3.05) is 33.4 Å². The highest BCUT2D eigenvalue weighted by molar-refractivity contribution is 5.42. The zero-order chi connectivity index (χ0) is 14.2. The van der Waals surface area contributed by atoms with E-state index in [1.807, 2.05) is 18.2 Å². The summed E-state index contributed by atoms with van der Waals surface area (Å²) in [5.74, 6) is 0.684. The van der Waals surface area contributed by atoms with Gasteiger partial charge < -0.3 is 14.4 Å². The molecule has 4 nitrogen and oxygen atoms in total. The van der Waals surface area contributed by atoms with Crippen LogP contribution in [0.1, 0.15) is 24.8 Å². The zero-order valence-corrected chi connectivity index (χ0v) is 12.0. The van der Waals surface area contributed by atoms with Gasteiger partial charge in [0.2, 0.25) is 0 Å². The van der Waals surface area contributed by atoms with Gasteiger partial charge in [-0.05, 0) is 38.4 Å². The predicted octanol–water partition coefficient (Wildman–Crippen LogP) is 2.44. The second kappa shape index (κ2) is 7.88. The van der Waals surface area contributed by atoms with E-state index in [4.69, 9.17) is 14.7 Å². The van der Waals surface area contributed by atoms with Gasteiger partial charge in [0, 0.05) is 25.8 Å². The van der Waals surface area contributed by atoms with Crippen LogP contribution in [0, 0.1) is 11.3 Å². The molecule has 1 heterocycles. The maximum Gasteiger partial charge on any atom is 0.137 e. The van der Waals surface area contributed by atoms with Crippen molar-refractivity contribution in [1.82, 2.24) is 4.90 Å². The summed E-state index contributed by atoms with van der Waals surface area (Å²) in [4.78, 5) is 2.39. The van der Waals surface area contributed by atoms with Crippen LogP contribution in [-0.4, -0.2) is 44.4 Å². The molecule has 0 aliphatic carbocycles. The normalized spacial score (nSPS) is 16.1. The van der Waals surface area contributed by atoms with Gasteiger partial charge in [-0.15, -0.1) is 0 Å². The number of nitriles is 1. The first kappa shape index (κ1) is 14.8. The first-order valence-electron chi connectivity index (χ1n) is 7.21. The van der Waals surface area contributed by atoms with Crippen LogP contribution in [0.3, 0.4) is 0 Å². The fourth-order valence-electron chi connectivity index (χ4n) is 2.49. The molecule has 0 spiro atoms. The lowest BCUT2D eigenvalue weighted by Gasteiger charge is -2.31. The van der Waals surface area contributed by atoms with Crippen LogP contribution >= 0.6 is 0 Å². The predicted molar refractivity (Wildman–Crippen MR) is 77.7 cm³/mol. The van der Waals surface area contributed by atoms with Gasteiger partial charge in [-0.3, -0.25) is 0 Å². The lowest BCUT2D eigenvalue weighted by molar-refractivity contribution is 0.0417. The highest BCUT2D eigenvalue weighted by Crippen LogP contribution is 2.17. The van der Waals surface area contributed by atoms with Crippen molar-refractivity contribution in [3.05, 3.63) is 29.8 Å². The molecule has 108 valence electrons. The molecule has 0 radical (unpaired) electrons. The molecule has 1 aliphatic heterocycles. The molecule has 0 saturated carbocycles. The van der Waals surface area contributed by atoms with Crippen molar-refractivity contribution in [3.8, 4) is 11.8 Å². The number of nitrogens with zero attached hydrogens (tertiary/aromatic N) is 2. The average molecular weight is 274 g/mol. The standard InChI is InChI=1S/C16H22N2O2/c1-18(15-7-11-19-12-8-15)9-4-10-20-16-6-3-2-5-14(16)13-17/h2-3,5-6,15H,4,7-12H2,1H3. The van der Waals surface area contributed by atoms with Crippen molar-refractivity contribution in [1.29, 1.82) is 5.26 Å². The molecule has 1 aromatic carbocycles. The highest BCUT2D eigenvalue weighted by Gasteiger charge is 2.17. The van der Waals surface area contributed by atoms with E-state index in [0.717, 1.165) is 39.0 Å². The third kappa shape index (κ3) is 4.22. The van der Waals surface area contributed by atoms with Gasteiger partial charge in [-0.1, -0.05) is 12.1 Å². The minimum atomic E-state index is 0.602. The highest BCUT2D eigenvalue weighted by atomic mass is 16.5. The van der Waals surface area contributed by atoms with E-state index in [1.165, 1.54) is 0 Å². The maximum absolute atomic E-state index is 8.98. The topological polar surface area (TPSA) is 45.5 Å². The second-order valence-electron chi connectivity index (χ2n) is 5.13. The Morgan fingerprint density at radius 2 is 2.10 bits per heavy atom. The zero-order valence-electron chi connectivity index (χ0n) is 12.0. The Hall–Kier alpha value is -1.57. The Morgan fingerprint density at radius 3 is 2.85 bits per heavy atom. The summed E-state index contributed by atoms with van der Waals surface area (Å²) in [6, 6.07) is 10.2. The van der Waals surface area contributed by atoms with Gasteiger partial charge >= 0.3 is 0 Å². The monoisotopic (exact) mass is 274 g/mol.